The van der Waals surface area contributed by atoms with Crippen molar-refractivity contribution >= 4 is 23.0 Å². The third-order valence-corrected chi connectivity index (χ3v) is 4.45. The third kappa shape index (κ3) is 4.02. The fourth-order valence-corrected chi connectivity index (χ4v) is 2.95. The predicted octanol–water partition coefficient (Wildman–Crippen LogP) is 2.81. The van der Waals surface area contributed by atoms with Gasteiger partial charge >= 0.3 is 0 Å². The molecule has 0 amide bonds. The molecule has 6 heteroatoms. The molecule has 3 rings (SSSR count). The van der Waals surface area contributed by atoms with E-state index in [2.05, 4.69) is 20.0 Å². The minimum Gasteiger partial charge on any atom is -0.356 e. The van der Waals surface area contributed by atoms with Gasteiger partial charge in [-0.25, -0.2) is 4.98 Å². The van der Waals surface area contributed by atoms with Gasteiger partial charge in [0.05, 0.1) is 17.6 Å². The molecule has 0 spiro atoms. The summed E-state index contributed by atoms with van der Waals surface area (Å²) in [6.45, 7) is 5.46. The molecule has 0 bridgehead atoms. The van der Waals surface area contributed by atoms with Crippen LogP contribution in [0.3, 0.4) is 0 Å². The first-order valence-corrected chi connectivity index (χ1v) is 8.48. The van der Waals surface area contributed by atoms with E-state index in [1.807, 2.05) is 56.4 Å². The predicted molar refractivity (Wildman–Crippen MR) is 100 cm³/mol. The van der Waals surface area contributed by atoms with Gasteiger partial charge in [0.15, 0.2) is 0 Å². The van der Waals surface area contributed by atoms with E-state index in [1.54, 1.807) is 6.20 Å². The number of aryl methyl sites for hydroxylation is 1. The third-order valence-electron chi connectivity index (χ3n) is 4.45. The van der Waals surface area contributed by atoms with Gasteiger partial charge in [-0.05, 0) is 38.1 Å². The lowest BCUT2D eigenvalue weighted by Gasteiger charge is -2.27. The quantitative estimate of drug-likeness (QED) is 0.634. The standard InChI is InChI=1S/C19H23N5O/c1-14-18(5-4-10-20-14)15(2)22-23(3)16-6-7-19(21-13-16)24-11-8-17(25)9-12-24/h4-7,10,13H,8-9,11-12H2,1-3H3/b22-15+. The number of Topliss-reactive ketones (excluding diaryl/α,β-unsaturated/α-hetero) is 1. The summed E-state index contributed by atoms with van der Waals surface area (Å²) in [5.74, 6) is 1.25. The van der Waals surface area contributed by atoms with Crippen molar-refractivity contribution in [1.29, 1.82) is 0 Å². The highest BCUT2D eigenvalue weighted by Gasteiger charge is 2.17. The lowest BCUT2D eigenvalue weighted by atomic mass is 10.1. The molecule has 1 aliphatic heterocycles. The van der Waals surface area contributed by atoms with Crippen molar-refractivity contribution in [2.24, 2.45) is 5.10 Å². The van der Waals surface area contributed by atoms with Crippen molar-refractivity contribution in [1.82, 2.24) is 9.97 Å². The highest BCUT2D eigenvalue weighted by atomic mass is 16.1. The molecule has 0 atom stereocenters. The maximum atomic E-state index is 11.4. The lowest BCUT2D eigenvalue weighted by molar-refractivity contribution is -0.119. The summed E-state index contributed by atoms with van der Waals surface area (Å²) in [5, 5.41) is 6.46. The SMILES string of the molecule is C/C(=N\N(C)c1ccc(N2CCC(=O)CC2)nc1)c1cccnc1C. The minimum absolute atomic E-state index is 0.336. The Balaban J connectivity index is 1.72. The molecule has 1 fully saturated rings. The number of hydrogen-bond acceptors (Lipinski definition) is 6. The molecular formula is C19H23N5O. The van der Waals surface area contributed by atoms with Crippen LogP contribution in [-0.2, 0) is 4.79 Å². The second-order valence-electron chi connectivity index (χ2n) is 6.25. The van der Waals surface area contributed by atoms with Crippen molar-refractivity contribution in [3.63, 3.8) is 0 Å². The Morgan fingerprint density at radius 2 is 1.96 bits per heavy atom. The number of rotatable bonds is 4. The van der Waals surface area contributed by atoms with Crippen LogP contribution in [0.5, 0.6) is 0 Å². The van der Waals surface area contributed by atoms with E-state index in [0.717, 1.165) is 41.6 Å². The zero-order valence-electron chi connectivity index (χ0n) is 14.9. The Kier molecular flexibility index (Phi) is 5.07. The van der Waals surface area contributed by atoms with E-state index in [0.29, 0.717) is 18.6 Å². The lowest BCUT2D eigenvalue weighted by Crippen LogP contribution is -2.34. The Morgan fingerprint density at radius 3 is 2.60 bits per heavy atom. The number of nitrogens with zero attached hydrogens (tertiary/aromatic N) is 5. The molecule has 1 saturated heterocycles. The smallest absolute Gasteiger partial charge is 0.136 e. The Labute approximate surface area is 148 Å². The topological polar surface area (TPSA) is 61.7 Å². The first kappa shape index (κ1) is 17.1. The molecule has 130 valence electrons. The van der Waals surface area contributed by atoms with E-state index in [1.165, 1.54) is 0 Å². The van der Waals surface area contributed by atoms with Crippen LogP contribution in [0.25, 0.3) is 0 Å². The Hall–Kier alpha value is -2.76. The van der Waals surface area contributed by atoms with E-state index in [-0.39, 0.29) is 0 Å². The normalized spacial score (nSPS) is 15.4. The highest BCUT2D eigenvalue weighted by Crippen LogP contribution is 2.20. The molecule has 2 aromatic heterocycles. The molecule has 25 heavy (non-hydrogen) atoms. The van der Waals surface area contributed by atoms with Gasteiger partial charge in [0.2, 0.25) is 0 Å². The number of anilines is 2. The van der Waals surface area contributed by atoms with Gasteiger partial charge in [0.1, 0.15) is 11.6 Å². The summed E-state index contributed by atoms with van der Waals surface area (Å²) in [5.41, 5.74) is 3.83. The molecule has 6 nitrogen and oxygen atoms in total. The molecule has 0 unspecified atom stereocenters. The number of piperidine rings is 1. The fourth-order valence-electron chi connectivity index (χ4n) is 2.95. The van der Waals surface area contributed by atoms with Crippen molar-refractivity contribution in [3.8, 4) is 0 Å². The molecule has 2 aromatic rings. The summed E-state index contributed by atoms with van der Waals surface area (Å²) < 4.78 is 0. The van der Waals surface area contributed by atoms with E-state index in [9.17, 15) is 4.79 Å². The van der Waals surface area contributed by atoms with E-state index < -0.39 is 0 Å². The molecule has 3 heterocycles. The van der Waals surface area contributed by atoms with Gasteiger partial charge in [-0.15, -0.1) is 0 Å². The van der Waals surface area contributed by atoms with Crippen LogP contribution in [0.4, 0.5) is 11.5 Å². The van der Waals surface area contributed by atoms with Crippen molar-refractivity contribution < 1.29 is 4.79 Å². The summed E-state index contributed by atoms with van der Waals surface area (Å²) in [6, 6.07) is 7.93. The fraction of sp³-hybridized carbons (Fsp3) is 0.368. The summed E-state index contributed by atoms with van der Waals surface area (Å²) in [4.78, 5) is 22.4. The van der Waals surface area contributed by atoms with Gasteiger partial charge < -0.3 is 4.90 Å². The number of hydrogen-bond donors (Lipinski definition) is 0. The maximum Gasteiger partial charge on any atom is 0.136 e. The number of carbonyl (C=O) groups excluding carboxylic acids is 1. The van der Waals surface area contributed by atoms with Crippen LogP contribution in [-0.4, -0.2) is 41.6 Å². The van der Waals surface area contributed by atoms with Gasteiger partial charge in [-0.2, -0.15) is 5.10 Å². The minimum atomic E-state index is 0.336. The summed E-state index contributed by atoms with van der Waals surface area (Å²) >= 11 is 0. The van der Waals surface area contributed by atoms with Crippen LogP contribution in [0.2, 0.25) is 0 Å². The van der Waals surface area contributed by atoms with E-state index in [4.69, 9.17) is 0 Å². The highest BCUT2D eigenvalue weighted by molar-refractivity contribution is 6.00. The maximum absolute atomic E-state index is 11.4. The molecule has 0 aliphatic carbocycles. The van der Waals surface area contributed by atoms with Crippen molar-refractivity contribution in [2.75, 3.05) is 30.0 Å². The molecule has 1 aliphatic rings. The molecule has 0 aromatic carbocycles. The zero-order chi connectivity index (χ0) is 17.8. The van der Waals surface area contributed by atoms with Gasteiger partial charge in [0, 0.05) is 50.4 Å². The van der Waals surface area contributed by atoms with E-state index >= 15 is 0 Å². The number of hydrazone groups is 1. The van der Waals surface area contributed by atoms with Crippen LogP contribution >= 0.6 is 0 Å². The zero-order valence-corrected chi connectivity index (χ0v) is 14.9. The van der Waals surface area contributed by atoms with Crippen LogP contribution in [0.1, 0.15) is 31.0 Å². The number of ketones is 1. The number of carbonyl (C=O) groups is 1. The van der Waals surface area contributed by atoms with Gasteiger partial charge in [-0.3, -0.25) is 14.8 Å². The number of aromatic nitrogens is 2. The monoisotopic (exact) mass is 337 g/mol. The first-order valence-electron chi connectivity index (χ1n) is 8.48. The van der Waals surface area contributed by atoms with Gasteiger partial charge in [0.25, 0.3) is 0 Å². The first-order chi connectivity index (χ1) is 12.0. The number of pyridine rings is 2. The van der Waals surface area contributed by atoms with Crippen LogP contribution in [0.15, 0.2) is 41.8 Å². The average molecular weight is 337 g/mol. The van der Waals surface area contributed by atoms with Crippen LogP contribution in [0, 0.1) is 6.92 Å². The Bertz CT molecular complexity index is 775. The molecule has 0 radical (unpaired) electrons. The second-order valence-corrected chi connectivity index (χ2v) is 6.25. The second kappa shape index (κ2) is 7.42. The van der Waals surface area contributed by atoms with Crippen LogP contribution < -0.4 is 9.91 Å². The summed E-state index contributed by atoms with van der Waals surface area (Å²) in [7, 11) is 1.91. The average Bonchev–Trinajstić information content (AvgIpc) is 2.63. The molecular weight excluding hydrogens is 314 g/mol. The molecule has 0 saturated carbocycles. The van der Waals surface area contributed by atoms with Crippen molar-refractivity contribution in [3.05, 3.63) is 47.9 Å². The largest absolute Gasteiger partial charge is 0.356 e. The molecule has 0 N–H and O–H groups in total. The summed E-state index contributed by atoms with van der Waals surface area (Å²) in [6.07, 6.45) is 4.82. The Morgan fingerprint density at radius 1 is 1.20 bits per heavy atom. The van der Waals surface area contributed by atoms with Crippen molar-refractivity contribution in [2.45, 2.75) is 26.7 Å². The van der Waals surface area contributed by atoms with Gasteiger partial charge in [-0.1, -0.05) is 0 Å².